The molecule has 1 N–H and O–H groups in total. The number of amides is 1. The van der Waals surface area contributed by atoms with E-state index < -0.39 is 5.60 Å². The van der Waals surface area contributed by atoms with Crippen molar-refractivity contribution in [3.8, 4) is 17.2 Å². The van der Waals surface area contributed by atoms with E-state index in [-0.39, 0.29) is 11.3 Å². The Labute approximate surface area is 195 Å². The summed E-state index contributed by atoms with van der Waals surface area (Å²) >= 11 is 5.90. The first-order valence-electron chi connectivity index (χ1n) is 10.7. The molecular weight excluding hydrogens is 422 g/mol. The van der Waals surface area contributed by atoms with Crippen molar-refractivity contribution >= 4 is 23.2 Å². The zero-order chi connectivity index (χ0) is 23.4. The Morgan fingerprint density at radius 3 is 1.84 bits per heavy atom. The van der Waals surface area contributed by atoms with E-state index in [1.165, 1.54) is 5.56 Å². The van der Waals surface area contributed by atoms with E-state index in [0.717, 1.165) is 12.2 Å². The van der Waals surface area contributed by atoms with Gasteiger partial charge in [0.1, 0.15) is 17.2 Å². The van der Waals surface area contributed by atoms with Crippen LogP contribution in [0.5, 0.6) is 17.2 Å². The standard InChI is InChI=1S/C27H30ClNO3/c1-6-26(2,3)19-7-13-22(14-8-19)31-23-17-11-21(12-18-23)29-25(30)27(4,5)32-24-15-9-20(28)10-16-24/h7-18H,6H2,1-5H3,(H,29,30). The molecule has 0 bridgehead atoms. The number of benzene rings is 3. The third-order valence-corrected chi connectivity index (χ3v) is 5.85. The third-order valence-electron chi connectivity index (χ3n) is 5.60. The molecular formula is C27H30ClNO3. The van der Waals surface area contributed by atoms with Crippen molar-refractivity contribution in [2.75, 3.05) is 5.32 Å². The lowest BCUT2D eigenvalue weighted by molar-refractivity contribution is -0.128. The number of carbonyl (C=O) groups excluding carboxylic acids is 1. The summed E-state index contributed by atoms with van der Waals surface area (Å²) in [5.41, 5.74) is 1.03. The molecule has 0 radical (unpaired) electrons. The summed E-state index contributed by atoms with van der Waals surface area (Å²) in [6.07, 6.45) is 1.07. The van der Waals surface area contributed by atoms with Gasteiger partial charge in [-0.05, 0) is 91.9 Å². The molecule has 0 spiro atoms. The van der Waals surface area contributed by atoms with Gasteiger partial charge < -0.3 is 14.8 Å². The Morgan fingerprint density at radius 1 is 0.812 bits per heavy atom. The van der Waals surface area contributed by atoms with E-state index in [1.807, 2.05) is 24.3 Å². The number of halogens is 1. The van der Waals surface area contributed by atoms with Crippen LogP contribution in [-0.4, -0.2) is 11.5 Å². The molecule has 0 aliphatic carbocycles. The fourth-order valence-corrected chi connectivity index (χ4v) is 3.17. The molecule has 1 amide bonds. The Balaban J connectivity index is 1.60. The van der Waals surface area contributed by atoms with Crippen molar-refractivity contribution < 1.29 is 14.3 Å². The number of hydrogen-bond donors (Lipinski definition) is 1. The van der Waals surface area contributed by atoms with Crippen LogP contribution in [0.1, 0.15) is 46.6 Å². The first-order valence-corrected chi connectivity index (χ1v) is 11.1. The summed E-state index contributed by atoms with van der Waals surface area (Å²) in [7, 11) is 0. The Kier molecular flexibility index (Phi) is 7.15. The Morgan fingerprint density at radius 2 is 1.31 bits per heavy atom. The molecule has 32 heavy (non-hydrogen) atoms. The molecule has 3 rings (SSSR count). The molecule has 0 aliphatic rings. The topological polar surface area (TPSA) is 47.6 Å². The molecule has 0 unspecified atom stereocenters. The summed E-state index contributed by atoms with van der Waals surface area (Å²) in [5.74, 6) is 1.79. The lowest BCUT2D eigenvalue weighted by Crippen LogP contribution is -2.42. The maximum atomic E-state index is 12.7. The molecule has 4 nitrogen and oxygen atoms in total. The van der Waals surface area contributed by atoms with E-state index in [2.05, 4.69) is 38.2 Å². The smallest absolute Gasteiger partial charge is 0.267 e. The van der Waals surface area contributed by atoms with Gasteiger partial charge in [0.15, 0.2) is 5.60 Å². The van der Waals surface area contributed by atoms with E-state index in [4.69, 9.17) is 21.1 Å². The maximum Gasteiger partial charge on any atom is 0.267 e. The highest BCUT2D eigenvalue weighted by Crippen LogP contribution is 2.30. The summed E-state index contributed by atoms with van der Waals surface area (Å²) in [6.45, 7) is 10.1. The fourth-order valence-electron chi connectivity index (χ4n) is 3.05. The molecule has 168 valence electrons. The first kappa shape index (κ1) is 23.7. The van der Waals surface area contributed by atoms with Gasteiger partial charge in [0.05, 0.1) is 0 Å². The van der Waals surface area contributed by atoms with Gasteiger partial charge in [-0.25, -0.2) is 0 Å². The van der Waals surface area contributed by atoms with Gasteiger partial charge in [-0.3, -0.25) is 4.79 Å². The van der Waals surface area contributed by atoms with Gasteiger partial charge in [-0.1, -0.05) is 44.5 Å². The molecule has 0 fully saturated rings. The van der Waals surface area contributed by atoms with Crippen molar-refractivity contribution in [1.82, 2.24) is 0 Å². The van der Waals surface area contributed by atoms with Crippen LogP contribution in [0.15, 0.2) is 72.8 Å². The molecule has 3 aromatic carbocycles. The van der Waals surface area contributed by atoms with Gasteiger partial charge in [0.25, 0.3) is 5.91 Å². The van der Waals surface area contributed by atoms with Crippen LogP contribution in [0.4, 0.5) is 5.69 Å². The molecule has 0 saturated carbocycles. The Hall–Kier alpha value is -2.98. The van der Waals surface area contributed by atoms with Crippen LogP contribution in [0.25, 0.3) is 0 Å². The van der Waals surface area contributed by atoms with Gasteiger partial charge in [-0.2, -0.15) is 0 Å². The van der Waals surface area contributed by atoms with E-state index in [0.29, 0.717) is 22.2 Å². The van der Waals surface area contributed by atoms with Gasteiger partial charge in [0, 0.05) is 10.7 Å². The van der Waals surface area contributed by atoms with Crippen molar-refractivity contribution in [2.24, 2.45) is 0 Å². The van der Waals surface area contributed by atoms with Crippen LogP contribution >= 0.6 is 11.6 Å². The Bertz CT molecular complexity index is 1040. The lowest BCUT2D eigenvalue weighted by atomic mass is 9.82. The maximum absolute atomic E-state index is 12.7. The molecule has 0 aromatic heterocycles. The first-order chi connectivity index (χ1) is 15.1. The molecule has 0 atom stereocenters. The van der Waals surface area contributed by atoms with Crippen LogP contribution in [0.3, 0.4) is 0 Å². The van der Waals surface area contributed by atoms with Gasteiger partial charge >= 0.3 is 0 Å². The van der Waals surface area contributed by atoms with Crippen molar-refractivity contribution in [3.05, 3.63) is 83.4 Å². The number of ether oxygens (including phenoxy) is 2. The minimum absolute atomic E-state index is 0.142. The van der Waals surface area contributed by atoms with E-state index in [9.17, 15) is 4.79 Å². The highest BCUT2D eigenvalue weighted by atomic mass is 35.5. The van der Waals surface area contributed by atoms with Gasteiger partial charge in [-0.15, -0.1) is 0 Å². The molecule has 0 saturated heterocycles. The second-order valence-corrected chi connectivity index (χ2v) is 9.35. The molecule has 0 aliphatic heterocycles. The lowest BCUT2D eigenvalue weighted by Gasteiger charge is -2.25. The molecule has 3 aromatic rings. The normalized spacial score (nSPS) is 11.7. The quantitative estimate of drug-likeness (QED) is 0.383. The fraction of sp³-hybridized carbons (Fsp3) is 0.296. The van der Waals surface area contributed by atoms with E-state index >= 15 is 0 Å². The van der Waals surface area contributed by atoms with Crippen molar-refractivity contribution in [2.45, 2.75) is 52.1 Å². The minimum atomic E-state index is -1.06. The number of hydrogen-bond acceptors (Lipinski definition) is 3. The van der Waals surface area contributed by atoms with Crippen LogP contribution < -0.4 is 14.8 Å². The number of nitrogens with one attached hydrogen (secondary N) is 1. The third kappa shape index (κ3) is 6.04. The van der Waals surface area contributed by atoms with Crippen molar-refractivity contribution in [1.29, 1.82) is 0 Å². The van der Waals surface area contributed by atoms with Gasteiger partial charge in [0.2, 0.25) is 0 Å². The average Bonchev–Trinajstić information content (AvgIpc) is 2.77. The second-order valence-electron chi connectivity index (χ2n) is 8.91. The number of rotatable bonds is 8. The average molecular weight is 452 g/mol. The number of carbonyl (C=O) groups is 1. The highest BCUT2D eigenvalue weighted by molar-refractivity contribution is 6.30. The zero-order valence-corrected chi connectivity index (χ0v) is 20.0. The van der Waals surface area contributed by atoms with Crippen LogP contribution in [0, 0.1) is 0 Å². The summed E-state index contributed by atoms with van der Waals surface area (Å²) in [6, 6.07) is 22.4. The summed E-state index contributed by atoms with van der Waals surface area (Å²) in [5, 5.41) is 3.50. The SMILES string of the molecule is CCC(C)(C)c1ccc(Oc2ccc(NC(=O)C(C)(C)Oc3ccc(Cl)cc3)cc2)cc1. The zero-order valence-electron chi connectivity index (χ0n) is 19.2. The largest absolute Gasteiger partial charge is 0.478 e. The summed E-state index contributed by atoms with van der Waals surface area (Å²) in [4.78, 5) is 12.7. The minimum Gasteiger partial charge on any atom is -0.478 e. The van der Waals surface area contributed by atoms with E-state index in [1.54, 1.807) is 50.2 Å². The van der Waals surface area contributed by atoms with Crippen LogP contribution in [-0.2, 0) is 10.2 Å². The second kappa shape index (κ2) is 9.66. The summed E-state index contributed by atoms with van der Waals surface area (Å²) < 4.78 is 11.8. The molecule has 5 heteroatoms. The predicted molar refractivity (Wildman–Crippen MR) is 131 cm³/mol. The monoisotopic (exact) mass is 451 g/mol. The predicted octanol–water partition coefficient (Wildman–Crippen LogP) is 7.62. The number of anilines is 1. The van der Waals surface area contributed by atoms with Crippen molar-refractivity contribution in [3.63, 3.8) is 0 Å². The highest BCUT2D eigenvalue weighted by Gasteiger charge is 2.30. The van der Waals surface area contributed by atoms with Crippen LogP contribution in [0.2, 0.25) is 5.02 Å². The molecule has 0 heterocycles.